The predicted octanol–water partition coefficient (Wildman–Crippen LogP) is 5.34. The van der Waals surface area contributed by atoms with Gasteiger partial charge in [-0.15, -0.1) is 0 Å². The Balaban J connectivity index is 1.65. The number of aliphatic hydroxyl groups is 2. The number of fused-ring (bicyclic) bond motifs is 4. The lowest BCUT2D eigenvalue weighted by Crippen LogP contribution is -2.69. The molecule has 2 aromatic rings. The van der Waals surface area contributed by atoms with Gasteiger partial charge in [0.1, 0.15) is 22.7 Å². The summed E-state index contributed by atoms with van der Waals surface area (Å²) in [5.41, 5.74) is -0.829. The fourth-order valence-electron chi connectivity index (χ4n) is 7.74. The van der Waals surface area contributed by atoms with Crippen LogP contribution in [-0.2, 0) is 0 Å². The van der Waals surface area contributed by atoms with E-state index in [4.69, 9.17) is 9.15 Å². The Bertz CT molecular complexity index is 1110. The van der Waals surface area contributed by atoms with Gasteiger partial charge in [0.05, 0.1) is 12.2 Å². The van der Waals surface area contributed by atoms with Crippen LogP contribution in [0.4, 0.5) is 0 Å². The highest BCUT2D eigenvalue weighted by Gasteiger charge is 2.68. The fourth-order valence-corrected chi connectivity index (χ4v) is 7.74. The predicted molar refractivity (Wildman–Crippen MR) is 127 cm³/mol. The average Bonchev–Trinajstić information content (AvgIpc) is 2.78. The number of ether oxygens (including phenoxy) is 1. The Labute approximate surface area is 195 Å². The molecule has 0 spiro atoms. The van der Waals surface area contributed by atoms with Crippen molar-refractivity contribution in [2.24, 2.45) is 28.6 Å². The highest BCUT2D eigenvalue weighted by atomic mass is 16.5. The van der Waals surface area contributed by atoms with E-state index in [-0.39, 0.29) is 22.3 Å². The van der Waals surface area contributed by atoms with Crippen LogP contribution in [-0.4, -0.2) is 21.9 Å². The Morgan fingerprint density at radius 2 is 1.82 bits per heavy atom. The standard InChI is InChI=1S/C28H36O5/c1-6-26(3)16(2)12-13-27(4)20(26)15-21(29)28(5)24(27)23(30)22-19(33-28)14-18(32-25(22)31)17-10-8-7-9-11-17/h7-11,14,16,20-21,23-24,29-30H,6,12-13,15H2,1-5H3/t16-,20?,21-,23-,24?,26?,27-,28+/m0/s1. The summed E-state index contributed by atoms with van der Waals surface area (Å²) < 4.78 is 12.2. The van der Waals surface area contributed by atoms with Crippen LogP contribution in [0.25, 0.3) is 11.3 Å². The molecule has 178 valence electrons. The lowest BCUT2D eigenvalue weighted by atomic mass is 9.41. The monoisotopic (exact) mass is 452 g/mol. The smallest absolute Gasteiger partial charge is 0.345 e. The quantitative estimate of drug-likeness (QED) is 0.643. The molecule has 33 heavy (non-hydrogen) atoms. The van der Waals surface area contributed by atoms with Crippen LogP contribution in [0.5, 0.6) is 5.75 Å². The molecule has 2 saturated carbocycles. The molecule has 5 rings (SSSR count). The Morgan fingerprint density at radius 1 is 1.12 bits per heavy atom. The molecule has 5 nitrogen and oxygen atoms in total. The van der Waals surface area contributed by atoms with Crippen molar-refractivity contribution in [3.05, 3.63) is 52.4 Å². The molecule has 1 aromatic carbocycles. The first-order chi connectivity index (χ1) is 15.6. The molecule has 1 aromatic heterocycles. The molecule has 2 heterocycles. The maximum Gasteiger partial charge on any atom is 0.345 e. The van der Waals surface area contributed by atoms with E-state index in [1.54, 1.807) is 6.07 Å². The van der Waals surface area contributed by atoms with Crippen molar-refractivity contribution >= 4 is 0 Å². The molecule has 1 aliphatic heterocycles. The van der Waals surface area contributed by atoms with Crippen molar-refractivity contribution in [2.75, 3.05) is 0 Å². The minimum absolute atomic E-state index is 0.0527. The molecule has 0 bridgehead atoms. The number of rotatable bonds is 2. The molecular weight excluding hydrogens is 416 g/mol. The van der Waals surface area contributed by atoms with Crippen molar-refractivity contribution in [1.82, 2.24) is 0 Å². The summed E-state index contributed by atoms with van der Waals surface area (Å²) in [4.78, 5) is 13.2. The number of aliphatic hydroxyl groups excluding tert-OH is 2. The minimum Gasteiger partial charge on any atom is -0.484 e. The highest BCUT2D eigenvalue weighted by Crippen LogP contribution is 2.68. The number of benzene rings is 1. The maximum absolute atomic E-state index is 13.2. The molecule has 0 saturated heterocycles. The molecule has 2 N–H and O–H groups in total. The van der Waals surface area contributed by atoms with E-state index in [1.807, 2.05) is 37.3 Å². The van der Waals surface area contributed by atoms with Gasteiger partial charge in [0.25, 0.3) is 0 Å². The number of hydrogen-bond acceptors (Lipinski definition) is 5. The second-order valence-corrected chi connectivity index (χ2v) is 11.4. The summed E-state index contributed by atoms with van der Waals surface area (Å²) in [5, 5.41) is 23.2. The highest BCUT2D eigenvalue weighted by molar-refractivity contribution is 5.60. The van der Waals surface area contributed by atoms with E-state index in [1.165, 1.54) is 0 Å². The SMILES string of the molecule is CCC1(C)C2C[C@H](O)[C@@]3(C)Oc4cc(-c5ccccc5)oc(=O)c4[C@H](O)C3[C@@]2(C)CC[C@@H]1C. The van der Waals surface area contributed by atoms with Gasteiger partial charge in [-0.1, -0.05) is 64.4 Å². The Morgan fingerprint density at radius 3 is 2.48 bits per heavy atom. The van der Waals surface area contributed by atoms with Crippen molar-refractivity contribution in [2.45, 2.75) is 78.1 Å². The van der Waals surface area contributed by atoms with Crippen LogP contribution < -0.4 is 10.4 Å². The normalized spacial score (nSPS) is 42.0. The van der Waals surface area contributed by atoms with E-state index in [0.29, 0.717) is 23.8 Å². The summed E-state index contributed by atoms with van der Waals surface area (Å²) in [5.74, 6) is 1.06. The van der Waals surface area contributed by atoms with Crippen LogP contribution in [0.3, 0.4) is 0 Å². The third-order valence-electron chi connectivity index (χ3n) is 9.99. The van der Waals surface area contributed by atoms with Crippen molar-refractivity contribution in [1.29, 1.82) is 0 Å². The van der Waals surface area contributed by atoms with Gasteiger partial charge in [0, 0.05) is 17.5 Å². The molecule has 8 atom stereocenters. The summed E-state index contributed by atoms with van der Waals surface area (Å²) in [6.07, 6.45) is 1.84. The first-order valence-corrected chi connectivity index (χ1v) is 12.3. The largest absolute Gasteiger partial charge is 0.484 e. The third-order valence-corrected chi connectivity index (χ3v) is 9.99. The average molecular weight is 453 g/mol. The van der Waals surface area contributed by atoms with Crippen molar-refractivity contribution in [3.63, 3.8) is 0 Å². The van der Waals surface area contributed by atoms with Gasteiger partial charge in [-0.25, -0.2) is 4.79 Å². The molecule has 0 radical (unpaired) electrons. The first kappa shape index (κ1) is 22.7. The third kappa shape index (κ3) is 3.01. The fraction of sp³-hybridized carbons (Fsp3) is 0.607. The zero-order valence-electron chi connectivity index (χ0n) is 20.3. The van der Waals surface area contributed by atoms with E-state index in [9.17, 15) is 15.0 Å². The lowest BCUT2D eigenvalue weighted by molar-refractivity contribution is -0.253. The van der Waals surface area contributed by atoms with E-state index in [2.05, 4.69) is 27.7 Å². The van der Waals surface area contributed by atoms with Crippen molar-refractivity contribution < 1.29 is 19.4 Å². The molecule has 0 amide bonds. The van der Waals surface area contributed by atoms with Crippen LogP contribution in [0.2, 0.25) is 0 Å². The van der Waals surface area contributed by atoms with Gasteiger partial charge in [0.15, 0.2) is 0 Å². The van der Waals surface area contributed by atoms with Gasteiger partial charge >= 0.3 is 5.63 Å². The van der Waals surface area contributed by atoms with Gasteiger partial charge in [-0.3, -0.25) is 0 Å². The zero-order valence-corrected chi connectivity index (χ0v) is 20.3. The summed E-state index contributed by atoms with van der Waals surface area (Å²) in [6.45, 7) is 11.0. The molecule has 3 aliphatic rings. The Hall–Kier alpha value is -2.11. The second-order valence-electron chi connectivity index (χ2n) is 11.4. The Kier molecular flexibility index (Phi) is 5.11. The van der Waals surface area contributed by atoms with Crippen LogP contribution >= 0.6 is 0 Å². The maximum atomic E-state index is 13.2. The first-order valence-electron chi connectivity index (χ1n) is 12.3. The summed E-state index contributed by atoms with van der Waals surface area (Å²) in [7, 11) is 0. The van der Waals surface area contributed by atoms with Gasteiger partial charge in [0.2, 0.25) is 0 Å². The molecule has 2 fully saturated rings. The summed E-state index contributed by atoms with van der Waals surface area (Å²) in [6, 6.07) is 11.1. The van der Waals surface area contributed by atoms with Gasteiger partial charge < -0.3 is 19.4 Å². The topological polar surface area (TPSA) is 79.9 Å². The minimum atomic E-state index is -1.06. The molecule has 2 aliphatic carbocycles. The number of hydrogen-bond donors (Lipinski definition) is 2. The zero-order chi connectivity index (χ0) is 23.8. The molecular formula is C28H36O5. The lowest BCUT2D eigenvalue weighted by Gasteiger charge is -2.67. The molecule has 3 unspecified atom stereocenters. The van der Waals surface area contributed by atoms with Crippen LogP contribution in [0, 0.1) is 28.6 Å². The van der Waals surface area contributed by atoms with E-state index < -0.39 is 29.4 Å². The molecule has 5 heteroatoms. The van der Waals surface area contributed by atoms with Gasteiger partial charge in [-0.2, -0.15) is 0 Å². The van der Waals surface area contributed by atoms with Gasteiger partial charge in [-0.05, 0) is 48.9 Å². The van der Waals surface area contributed by atoms with E-state index >= 15 is 0 Å². The summed E-state index contributed by atoms with van der Waals surface area (Å²) >= 11 is 0. The van der Waals surface area contributed by atoms with Crippen molar-refractivity contribution in [3.8, 4) is 17.1 Å². The van der Waals surface area contributed by atoms with Crippen LogP contribution in [0.15, 0.2) is 45.6 Å². The van der Waals surface area contributed by atoms with E-state index in [0.717, 1.165) is 24.8 Å². The van der Waals surface area contributed by atoms with Crippen LogP contribution in [0.1, 0.15) is 72.0 Å². The second kappa shape index (κ2) is 7.44.